The Morgan fingerprint density at radius 3 is 2.55 bits per heavy atom. The number of non-ortho nitro benzene ring substituents is 1. The van der Waals surface area contributed by atoms with Crippen LogP contribution in [0.2, 0.25) is 0 Å². The Hall–Kier alpha value is -1.76. The molecule has 1 rings (SSSR count). The van der Waals surface area contributed by atoms with Gasteiger partial charge in [0.1, 0.15) is 5.60 Å². The largest absolute Gasteiger partial charge is 0.444 e. The van der Waals surface area contributed by atoms with Crippen molar-refractivity contribution in [3.8, 4) is 0 Å². The smallest absolute Gasteiger partial charge is 0.410 e. The normalized spacial score (nSPS) is 11.1. The number of hydrogen-bond donors (Lipinski definition) is 1. The average Bonchev–Trinajstić information content (AvgIpc) is 2.29. The number of amides is 1. The highest BCUT2D eigenvalue weighted by Crippen LogP contribution is 2.22. The number of nitro benzene ring substituents is 1. The molecule has 1 aromatic carbocycles. The predicted octanol–water partition coefficient (Wildman–Crippen LogP) is 3.25. The molecule has 0 spiro atoms. The molecule has 0 fully saturated rings. The number of thiol groups is 1. The SMILES string of the molecule is CN(Cc1cc([N+](=O)[O-])ccc1S)C(=O)OC(C)(C)C. The van der Waals surface area contributed by atoms with Gasteiger partial charge in [0.2, 0.25) is 0 Å². The maximum atomic E-state index is 11.8. The highest BCUT2D eigenvalue weighted by atomic mass is 32.1. The number of ether oxygens (including phenoxy) is 1. The summed E-state index contributed by atoms with van der Waals surface area (Å²) >= 11 is 4.24. The summed E-state index contributed by atoms with van der Waals surface area (Å²) in [4.78, 5) is 24.0. The number of rotatable bonds is 3. The van der Waals surface area contributed by atoms with E-state index >= 15 is 0 Å². The molecule has 6 nitrogen and oxygen atoms in total. The quantitative estimate of drug-likeness (QED) is 0.528. The minimum atomic E-state index is -0.585. The summed E-state index contributed by atoms with van der Waals surface area (Å²) < 4.78 is 5.22. The maximum Gasteiger partial charge on any atom is 0.410 e. The lowest BCUT2D eigenvalue weighted by Crippen LogP contribution is -2.33. The van der Waals surface area contributed by atoms with E-state index in [1.807, 2.05) is 0 Å². The standard InChI is InChI=1S/C13H18N2O4S/c1-13(2,3)19-12(16)14(4)8-9-7-10(15(17)18)5-6-11(9)20/h5-7,20H,8H2,1-4H3. The minimum absolute atomic E-state index is 0.0320. The lowest BCUT2D eigenvalue weighted by Gasteiger charge is -2.24. The first kappa shape index (κ1) is 16.3. The molecule has 0 aromatic heterocycles. The molecule has 0 aliphatic rings. The highest BCUT2D eigenvalue weighted by molar-refractivity contribution is 7.80. The van der Waals surface area contributed by atoms with Crippen LogP contribution in [0.25, 0.3) is 0 Å². The van der Waals surface area contributed by atoms with Crippen LogP contribution in [0.4, 0.5) is 10.5 Å². The number of hydrogen-bond acceptors (Lipinski definition) is 5. The van der Waals surface area contributed by atoms with Crippen molar-refractivity contribution in [3.63, 3.8) is 0 Å². The number of benzene rings is 1. The van der Waals surface area contributed by atoms with Gasteiger partial charge in [-0.1, -0.05) is 0 Å². The second kappa shape index (κ2) is 6.13. The fourth-order valence-corrected chi connectivity index (χ4v) is 1.68. The predicted molar refractivity (Wildman–Crippen MR) is 78.0 cm³/mol. The monoisotopic (exact) mass is 298 g/mol. The number of carbonyl (C=O) groups excluding carboxylic acids is 1. The van der Waals surface area contributed by atoms with Crippen molar-refractivity contribution >= 4 is 24.4 Å². The summed E-state index contributed by atoms with van der Waals surface area (Å²) in [7, 11) is 1.57. The second-order valence-electron chi connectivity index (χ2n) is 5.41. The van der Waals surface area contributed by atoms with Crippen molar-refractivity contribution in [3.05, 3.63) is 33.9 Å². The van der Waals surface area contributed by atoms with Crippen molar-refractivity contribution in [1.29, 1.82) is 0 Å². The zero-order valence-electron chi connectivity index (χ0n) is 11.9. The van der Waals surface area contributed by atoms with Gasteiger partial charge in [-0.3, -0.25) is 10.1 Å². The Labute approximate surface area is 123 Å². The Morgan fingerprint density at radius 2 is 2.05 bits per heavy atom. The van der Waals surface area contributed by atoms with Crippen LogP contribution in [0, 0.1) is 10.1 Å². The maximum absolute atomic E-state index is 11.8. The molecule has 0 atom stereocenters. The van der Waals surface area contributed by atoms with Crippen molar-refractivity contribution < 1.29 is 14.5 Å². The van der Waals surface area contributed by atoms with E-state index in [9.17, 15) is 14.9 Å². The molecule has 7 heteroatoms. The molecule has 20 heavy (non-hydrogen) atoms. The molecule has 0 unspecified atom stereocenters. The van der Waals surface area contributed by atoms with Crippen LogP contribution in [0.3, 0.4) is 0 Å². The Balaban J connectivity index is 2.85. The van der Waals surface area contributed by atoms with Crippen LogP contribution in [0.1, 0.15) is 26.3 Å². The average molecular weight is 298 g/mol. The van der Waals surface area contributed by atoms with Crippen LogP contribution in [0.5, 0.6) is 0 Å². The first-order valence-electron chi connectivity index (χ1n) is 6.00. The number of nitrogens with zero attached hydrogens (tertiary/aromatic N) is 2. The van der Waals surface area contributed by atoms with Crippen LogP contribution in [-0.2, 0) is 11.3 Å². The van der Waals surface area contributed by atoms with Gasteiger partial charge in [0.15, 0.2) is 0 Å². The molecule has 0 aliphatic heterocycles. The third-order valence-electron chi connectivity index (χ3n) is 2.39. The van der Waals surface area contributed by atoms with Gasteiger partial charge in [0.25, 0.3) is 5.69 Å². The van der Waals surface area contributed by atoms with E-state index in [0.717, 1.165) is 0 Å². The van der Waals surface area contributed by atoms with Gasteiger partial charge in [-0.25, -0.2) is 4.79 Å². The first-order valence-corrected chi connectivity index (χ1v) is 6.45. The highest BCUT2D eigenvalue weighted by Gasteiger charge is 2.20. The summed E-state index contributed by atoms with van der Waals surface area (Å²) in [5, 5.41) is 10.7. The van der Waals surface area contributed by atoms with Crippen molar-refractivity contribution in [2.24, 2.45) is 0 Å². The molecule has 110 valence electrons. The molecule has 0 aliphatic carbocycles. The van der Waals surface area contributed by atoms with Crippen molar-refractivity contribution in [2.45, 2.75) is 37.8 Å². The van der Waals surface area contributed by atoms with Gasteiger partial charge in [0, 0.05) is 24.1 Å². The molecule has 0 N–H and O–H groups in total. The molecule has 1 amide bonds. The zero-order valence-corrected chi connectivity index (χ0v) is 12.8. The van der Waals surface area contributed by atoms with Gasteiger partial charge in [-0.05, 0) is 32.4 Å². The van der Waals surface area contributed by atoms with E-state index in [1.165, 1.54) is 17.0 Å². The zero-order chi connectivity index (χ0) is 15.5. The van der Waals surface area contributed by atoms with Crippen LogP contribution >= 0.6 is 12.6 Å². The van der Waals surface area contributed by atoms with Gasteiger partial charge in [0.05, 0.1) is 11.5 Å². The molecule has 0 saturated heterocycles. The molecule has 0 saturated carbocycles. The van der Waals surface area contributed by atoms with Crippen LogP contribution < -0.4 is 0 Å². The van der Waals surface area contributed by atoms with Crippen LogP contribution in [-0.4, -0.2) is 28.6 Å². The molecular formula is C13H18N2O4S. The van der Waals surface area contributed by atoms with Crippen molar-refractivity contribution in [1.82, 2.24) is 4.90 Å². The van der Waals surface area contributed by atoms with E-state index in [1.54, 1.807) is 33.9 Å². The lowest BCUT2D eigenvalue weighted by molar-refractivity contribution is -0.385. The number of carbonyl (C=O) groups is 1. The molecule has 0 bridgehead atoms. The Bertz CT molecular complexity index is 526. The fraction of sp³-hybridized carbons (Fsp3) is 0.462. The molecular weight excluding hydrogens is 280 g/mol. The van der Waals surface area contributed by atoms with Crippen molar-refractivity contribution in [2.75, 3.05) is 7.05 Å². The third-order valence-corrected chi connectivity index (χ3v) is 2.82. The van der Waals surface area contributed by atoms with Gasteiger partial charge < -0.3 is 9.64 Å². The molecule has 1 aromatic rings. The third kappa shape index (κ3) is 4.73. The first-order chi connectivity index (χ1) is 9.10. The summed E-state index contributed by atoms with van der Waals surface area (Å²) in [6, 6.07) is 4.32. The van der Waals surface area contributed by atoms with Gasteiger partial charge >= 0.3 is 6.09 Å². The van der Waals surface area contributed by atoms with E-state index in [2.05, 4.69) is 12.6 Å². The van der Waals surface area contributed by atoms with E-state index in [0.29, 0.717) is 10.5 Å². The van der Waals surface area contributed by atoms with Gasteiger partial charge in [-0.2, -0.15) is 0 Å². The van der Waals surface area contributed by atoms with E-state index in [-0.39, 0.29) is 12.2 Å². The summed E-state index contributed by atoms with van der Waals surface area (Å²) in [5.41, 5.74) is -0.0241. The summed E-state index contributed by atoms with van der Waals surface area (Å²) in [6.45, 7) is 5.51. The summed E-state index contributed by atoms with van der Waals surface area (Å²) in [6.07, 6.45) is -0.489. The van der Waals surface area contributed by atoms with Gasteiger partial charge in [-0.15, -0.1) is 12.6 Å². The molecule has 0 heterocycles. The van der Waals surface area contributed by atoms with E-state index in [4.69, 9.17) is 4.74 Å². The second-order valence-corrected chi connectivity index (χ2v) is 5.89. The summed E-state index contributed by atoms with van der Waals surface area (Å²) in [5.74, 6) is 0. The topological polar surface area (TPSA) is 72.7 Å². The number of nitro groups is 1. The lowest BCUT2D eigenvalue weighted by atomic mass is 10.2. The minimum Gasteiger partial charge on any atom is -0.444 e. The Kier molecular flexibility index (Phi) is 4.99. The molecule has 0 radical (unpaired) electrons. The van der Waals surface area contributed by atoms with Crippen LogP contribution in [0.15, 0.2) is 23.1 Å². The fourth-order valence-electron chi connectivity index (χ4n) is 1.47. The Morgan fingerprint density at radius 1 is 1.45 bits per heavy atom. The van der Waals surface area contributed by atoms with E-state index < -0.39 is 16.6 Å².